The number of aryl methyl sites for hydroxylation is 1. The van der Waals surface area contributed by atoms with Crippen LogP contribution in [0.1, 0.15) is 42.3 Å². The Bertz CT molecular complexity index is 587. The van der Waals surface area contributed by atoms with Gasteiger partial charge in [-0.2, -0.15) is 0 Å². The van der Waals surface area contributed by atoms with E-state index in [4.69, 9.17) is 4.74 Å². The van der Waals surface area contributed by atoms with Crippen molar-refractivity contribution in [3.05, 3.63) is 29.6 Å². The van der Waals surface area contributed by atoms with Gasteiger partial charge < -0.3 is 9.30 Å². The summed E-state index contributed by atoms with van der Waals surface area (Å²) in [6.07, 6.45) is 5.24. The van der Waals surface area contributed by atoms with E-state index in [0.29, 0.717) is 18.8 Å². The molecule has 0 N–H and O–H groups in total. The number of hydrogen-bond donors (Lipinski definition) is 0. The average molecular weight is 277 g/mol. The average Bonchev–Trinajstić information content (AvgIpc) is 2.99. The number of nitrogens with zero attached hydrogens (tertiary/aromatic N) is 5. The monoisotopic (exact) mass is 277 g/mol. The maximum Gasteiger partial charge on any atom is 0.360 e. The normalized spacial score (nSPS) is 10.8. The highest BCUT2D eigenvalue weighted by Crippen LogP contribution is 2.12. The Morgan fingerprint density at radius 2 is 2.20 bits per heavy atom. The van der Waals surface area contributed by atoms with Crippen molar-refractivity contribution in [3.63, 3.8) is 0 Å². The van der Waals surface area contributed by atoms with Gasteiger partial charge in [0.05, 0.1) is 12.3 Å². The highest BCUT2D eigenvalue weighted by Gasteiger charge is 2.20. The molecular formula is C13H19N5O2. The summed E-state index contributed by atoms with van der Waals surface area (Å²) in [4.78, 5) is 16.1. The van der Waals surface area contributed by atoms with Gasteiger partial charge in [0.25, 0.3) is 0 Å². The Balaban J connectivity index is 2.29. The van der Waals surface area contributed by atoms with Gasteiger partial charge in [-0.25, -0.2) is 14.5 Å². The summed E-state index contributed by atoms with van der Waals surface area (Å²) < 4.78 is 8.65. The molecule has 0 radical (unpaired) electrons. The van der Waals surface area contributed by atoms with Gasteiger partial charge in [0.15, 0.2) is 5.69 Å². The van der Waals surface area contributed by atoms with Crippen LogP contribution in [0.4, 0.5) is 0 Å². The second-order valence-electron chi connectivity index (χ2n) is 4.47. The molecule has 0 spiro atoms. The summed E-state index contributed by atoms with van der Waals surface area (Å²) in [5, 5.41) is 8.03. The Morgan fingerprint density at radius 1 is 1.40 bits per heavy atom. The first kappa shape index (κ1) is 14.2. The van der Waals surface area contributed by atoms with Crippen LogP contribution in [0.25, 0.3) is 0 Å². The van der Waals surface area contributed by atoms with Crippen molar-refractivity contribution in [3.8, 4) is 0 Å². The number of aromatic nitrogens is 5. The number of hydrogen-bond acceptors (Lipinski definition) is 5. The summed E-state index contributed by atoms with van der Waals surface area (Å²) >= 11 is 0. The maximum absolute atomic E-state index is 11.9. The zero-order valence-corrected chi connectivity index (χ0v) is 12.0. The van der Waals surface area contributed by atoms with Crippen LogP contribution in [0.3, 0.4) is 0 Å². The number of ether oxygens (including phenoxy) is 1. The maximum atomic E-state index is 11.9. The lowest BCUT2D eigenvalue weighted by Gasteiger charge is -2.07. The van der Waals surface area contributed by atoms with Crippen LogP contribution >= 0.6 is 0 Å². The lowest BCUT2D eigenvalue weighted by atomic mass is 10.2. The van der Waals surface area contributed by atoms with Gasteiger partial charge in [-0.3, -0.25) is 0 Å². The second-order valence-corrected chi connectivity index (χ2v) is 4.47. The van der Waals surface area contributed by atoms with Gasteiger partial charge in [-0.15, -0.1) is 5.10 Å². The summed E-state index contributed by atoms with van der Waals surface area (Å²) in [5.41, 5.74) is 1.11. The SMILES string of the molecule is CCCc1c(C(=O)OCC)nnn1Cc1nccn1C. The molecule has 7 heteroatoms. The number of carbonyl (C=O) groups excluding carboxylic acids is 1. The second kappa shape index (κ2) is 6.31. The molecule has 20 heavy (non-hydrogen) atoms. The molecule has 108 valence electrons. The van der Waals surface area contributed by atoms with Gasteiger partial charge >= 0.3 is 5.97 Å². The fourth-order valence-electron chi connectivity index (χ4n) is 1.98. The molecule has 0 aliphatic rings. The largest absolute Gasteiger partial charge is 0.461 e. The molecule has 0 aliphatic heterocycles. The minimum Gasteiger partial charge on any atom is -0.461 e. The molecule has 0 aliphatic carbocycles. The summed E-state index contributed by atoms with van der Waals surface area (Å²) in [6.45, 7) is 4.64. The molecule has 7 nitrogen and oxygen atoms in total. The standard InChI is InChI=1S/C13H19N5O2/c1-4-6-10-12(13(19)20-5-2)15-16-18(10)9-11-14-7-8-17(11)3/h7-8H,4-6,9H2,1-3H3. The summed E-state index contributed by atoms with van der Waals surface area (Å²) in [5.74, 6) is 0.449. The molecule has 2 heterocycles. The van der Waals surface area contributed by atoms with Crippen LogP contribution < -0.4 is 0 Å². The number of carbonyl (C=O) groups is 1. The van der Waals surface area contributed by atoms with Crippen molar-refractivity contribution in [2.45, 2.75) is 33.2 Å². The molecule has 0 atom stereocenters. The van der Waals surface area contributed by atoms with E-state index in [-0.39, 0.29) is 0 Å². The van der Waals surface area contributed by atoms with Crippen LogP contribution in [0.5, 0.6) is 0 Å². The molecule has 0 saturated carbocycles. The van der Waals surface area contributed by atoms with Crippen LogP contribution in [-0.2, 0) is 24.8 Å². The highest BCUT2D eigenvalue weighted by atomic mass is 16.5. The molecule has 0 saturated heterocycles. The predicted octanol–water partition coefficient (Wildman–Crippen LogP) is 1.19. The van der Waals surface area contributed by atoms with Crippen molar-refractivity contribution in [2.24, 2.45) is 7.05 Å². The molecule has 2 rings (SSSR count). The van der Waals surface area contributed by atoms with Crippen molar-refractivity contribution < 1.29 is 9.53 Å². The molecule has 0 amide bonds. The Morgan fingerprint density at radius 3 is 2.80 bits per heavy atom. The van der Waals surface area contributed by atoms with E-state index in [0.717, 1.165) is 24.4 Å². The van der Waals surface area contributed by atoms with Crippen LogP contribution in [0.15, 0.2) is 12.4 Å². The van der Waals surface area contributed by atoms with E-state index in [1.807, 2.05) is 24.7 Å². The van der Waals surface area contributed by atoms with Gasteiger partial charge in [0.1, 0.15) is 12.4 Å². The molecule has 2 aromatic rings. The lowest BCUT2D eigenvalue weighted by Crippen LogP contribution is -2.13. The first-order valence-corrected chi connectivity index (χ1v) is 6.73. The Labute approximate surface area is 117 Å². The zero-order valence-electron chi connectivity index (χ0n) is 12.0. The quantitative estimate of drug-likeness (QED) is 0.741. The van der Waals surface area contributed by atoms with Crippen molar-refractivity contribution in [1.82, 2.24) is 24.5 Å². The minimum atomic E-state index is -0.415. The van der Waals surface area contributed by atoms with E-state index in [1.165, 1.54) is 0 Å². The highest BCUT2D eigenvalue weighted by molar-refractivity contribution is 5.88. The third kappa shape index (κ3) is 2.87. The van der Waals surface area contributed by atoms with Gasteiger partial charge in [0, 0.05) is 19.4 Å². The molecule has 0 unspecified atom stereocenters. The third-order valence-electron chi connectivity index (χ3n) is 3.01. The number of imidazole rings is 1. The molecule has 0 bridgehead atoms. The first-order chi connectivity index (χ1) is 9.67. The lowest BCUT2D eigenvalue weighted by molar-refractivity contribution is 0.0518. The molecule has 0 fully saturated rings. The van der Waals surface area contributed by atoms with Crippen LogP contribution in [0.2, 0.25) is 0 Å². The topological polar surface area (TPSA) is 74.8 Å². The third-order valence-corrected chi connectivity index (χ3v) is 3.01. The Hall–Kier alpha value is -2.18. The number of rotatable bonds is 6. The smallest absolute Gasteiger partial charge is 0.360 e. The fourth-order valence-corrected chi connectivity index (χ4v) is 1.98. The van der Waals surface area contributed by atoms with Crippen molar-refractivity contribution in [2.75, 3.05) is 6.61 Å². The molecule has 0 aromatic carbocycles. The van der Waals surface area contributed by atoms with Gasteiger partial charge in [-0.1, -0.05) is 18.6 Å². The van der Waals surface area contributed by atoms with Crippen molar-refractivity contribution in [1.29, 1.82) is 0 Å². The predicted molar refractivity (Wildman–Crippen MR) is 72.3 cm³/mol. The first-order valence-electron chi connectivity index (χ1n) is 6.73. The van der Waals surface area contributed by atoms with E-state index < -0.39 is 5.97 Å². The Kier molecular flexibility index (Phi) is 4.49. The van der Waals surface area contributed by atoms with Crippen LogP contribution in [-0.4, -0.2) is 37.1 Å². The van der Waals surface area contributed by atoms with E-state index >= 15 is 0 Å². The van der Waals surface area contributed by atoms with E-state index in [1.54, 1.807) is 17.8 Å². The molecule has 2 aromatic heterocycles. The van der Waals surface area contributed by atoms with Gasteiger partial charge in [-0.05, 0) is 13.3 Å². The van der Waals surface area contributed by atoms with Crippen molar-refractivity contribution >= 4 is 5.97 Å². The zero-order chi connectivity index (χ0) is 14.5. The fraction of sp³-hybridized carbons (Fsp3) is 0.538. The molecular weight excluding hydrogens is 258 g/mol. The van der Waals surface area contributed by atoms with E-state index in [2.05, 4.69) is 15.3 Å². The summed E-state index contributed by atoms with van der Waals surface area (Å²) in [7, 11) is 1.92. The van der Waals surface area contributed by atoms with Gasteiger partial charge in [0.2, 0.25) is 0 Å². The van der Waals surface area contributed by atoms with E-state index in [9.17, 15) is 4.79 Å². The number of esters is 1. The summed E-state index contributed by atoms with van der Waals surface area (Å²) in [6, 6.07) is 0. The minimum absolute atomic E-state index is 0.308. The van der Waals surface area contributed by atoms with Crippen LogP contribution in [0, 0.1) is 0 Å².